The van der Waals surface area contributed by atoms with E-state index in [9.17, 15) is 0 Å². The highest BCUT2D eigenvalue weighted by Crippen LogP contribution is 2.40. The average molecular weight is 274 g/mol. The number of rotatable bonds is 1. The second-order valence-electron chi connectivity index (χ2n) is 5.15. The lowest BCUT2D eigenvalue weighted by molar-refractivity contribution is 1.52. The minimum atomic E-state index is 1.29. The maximum Gasteiger partial charge on any atom is 0.0361 e. The molecule has 1 heteroatoms. The zero-order valence-corrected chi connectivity index (χ0v) is 12.1. The smallest absolute Gasteiger partial charge is 0.0361 e. The van der Waals surface area contributed by atoms with Gasteiger partial charge in [0.15, 0.2) is 0 Å². The molecule has 0 amide bonds. The van der Waals surface area contributed by atoms with Crippen LogP contribution in [-0.2, 0) is 0 Å². The molecule has 0 bridgehead atoms. The molecule has 96 valence electrons. The fraction of sp³-hybridized carbons (Fsp3) is 0.0526. The number of hydrogen-bond donors (Lipinski definition) is 0. The van der Waals surface area contributed by atoms with Crippen LogP contribution in [0.1, 0.15) is 5.56 Å². The molecule has 1 heterocycles. The Hall–Kier alpha value is -2.12. The Labute approximate surface area is 122 Å². The summed E-state index contributed by atoms with van der Waals surface area (Å²) in [6.45, 7) is 2.16. The molecule has 0 aliphatic rings. The van der Waals surface area contributed by atoms with Crippen molar-refractivity contribution in [3.63, 3.8) is 0 Å². The van der Waals surface area contributed by atoms with Gasteiger partial charge in [0, 0.05) is 20.2 Å². The highest BCUT2D eigenvalue weighted by atomic mass is 32.1. The van der Waals surface area contributed by atoms with Crippen LogP contribution in [0.3, 0.4) is 0 Å². The first-order valence-electron chi connectivity index (χ1n) is 6.80. The van der Waals surface area contributed by atoms with Crippen LogP contribution >= 0.6 is 11.3 Å². The van der Waals surface area contributed by atoms with Gasteiger partial charge in [-0.3, -0.25) is 0 Å². The third-order valence-electron chi connectivity index (χ3n) is 3.74. The number of thiophene rings is 1. The van der Waals surface area contributed by atoms with Crippen molar-refractivity contribution in [2.45, 2.75) is 6.92 Å². The molecular weight excluding hydrogens is 260 g/mol. The highest BCUT2D eigenvalue weighted by Gasteiger charge is 2.10. The number of hydrogen-bond acceptors (Lipinski definition) is 1. The van der Waals surface area contributed by atoms with Gasteiger partial charge in [0.2, 0.25) is 0 Å². The van der Waals surface area contributed by atoms with Crippen LogP contribution < -0.4 is 0 Å². The first kappa shape index (κ1) is 11.7. The van der Waals surface area contributed by atoms with Crippen molar-refractivity contribution in [1.82, 2.24) is 0 Å². The molecule has 0 atom stereocenters. The van der Waals surface area contributed by atoms with Gasteiger partial charge in [0.25, 0.3) is 0 Å². The average Bonchev–Trinajstić information content (AvgIpc) is 2.86. The molecule has 0 unspecified atom stereocenters. The first-order valence-corrected chi connectivity index (χ1v) is 7.62. The molecule has 0 spiro atoms. The lowest BCUT2D eigenvalue weighted by atomic mass is 9.99. The van der Waals surface area contributed by atoms with Crippen molar-refractivity contribution in [1.29, 1.82) is 0 Å². The lowest BCUT2D eigenvalue weighted by Crippen LogP contribution is -1.79. The maximum absolute atomic E-state index is 2.31. The molecule has 0 nitrogen and oxygen atoms in total. The predicted octanol–water partition coefficient (Wildman–Crippen LogP) is 6.03. The molecule has 20 heavy (non-hydrogen) atoms. The zero-order chi connectivity index (χ0) is 13.5. The van der Waals surface area contributed by atoms with E-state index in [1.807, 2.05) is 11.3 Å². The third-order valence-corrected chi connectivity index (χ3v) is 4.87. The largest absolute Gasteiger partial charge is 0.135 e. The van der Waals surface area contributed by atoms with E-state index in [4.69, 9.17) is 0 Å². The van der Waals surface area contributed by atoms with Crippen LogP contribution in [0.5, 0.6) is 0 Å². The Balaban J connectivity index is 2.16. The van der Waals surface area contributed by atoms with E-state index in [2.05, 4.69) is 73.7 Å². The van der Waals surface area contributed by atoms with Crippen LogP contribution in [0.2, 0.25) is 0 Å². The van der Waals surface area contributed by atoms with Gasteiger partial charge < -0.3 is 0 Å². The van der Waals surface area contributed by atoms with Gasteiger partial charge in [-0.25, -0.2) is 0 Å². The van der Waals surface area contributed by atoms with Crippen molar-refractivity contribution in [3.05, 3.63) is 72.3 Å². The fourth-order valence-electron chi connectivity index (χ4n) is 2.80. The number of aryl methyl sites for hydroxylation is 1. The van der Waals surface area contributed by atoms with E-state index in [0.29, 0.717) is 0 Å². The number of benzene rings is 3. The van der Waals surface area contributed by atoms with Gasteiger partial charge in [-0.2, -0.15) is 0 Å². The van der Waals surface area contributed by atoms with E-state index in [1.54, 1.807) is 0 Å². The van der Waals surface area contributed by atoms with Crippen molar-refractivity contribution in [2.75, 3.05) is 0 Å². The Bertz CT molecular complexity index is 901. The molecule has 0 saturated heterocycles. The molecule has 0 saturated carbocycles. The topological polar surface area (TPSA) is 0 Å². The van der Waals surface area contributed by atoms with Crippen LogP contribution in [0.4, 0.5) is 0 Å². The minimum absolute atomic E-state index is 1.29. The Morgan fingerprint density at radius 3 is 2.45 bits per heavy atom. The molecular formula is C19H14S. The second-order valence-corrected chi connectivity index (χ2v) is 6.23. The Morgan fingerprint density at radius 2 is 1.60 bits per heavy atom. The summed E-state index contributed by atoms with van der Waals surface area (Å²) in [5.74, 6) is 0. The molecule has 0 fully saturated rings. The minimum Gasteiger partial charge on any atom is -0.135 e. The van der Waals surface area contributed by atoms with Crippen LogP contribution in [0, 0.1) is 6.92 Å². The SMILES string of the molecule is Cc1ccc2sc3cccc(-c4ccccc4)c3c2c1. The molecule has 0 aliphatic carbocycles. The van der Waals surface area contributed by atoms with Crippen LogP contribution in [-0.4, -0.2) is 0 Å². The third kappa shape index (κ3) is 1.75. The standard InChI is InChI=1S/C19H14S/c1-13-10-11-17-16(12-13)19-15(8-5-9-18(19)20-17)14-6-3-2-4-7-14/h2-12H,1H3. The van der Waals surface area contributed by atoms with Gasteiger partial charge in [-0.05, 0) is 36.2 Å². The van der Waals surface area contributed by atoms with Gasteiger partial charge in [-0.1, -0.05) is 54.1 Å². The van der Waals surface area contributed by atoms with Gasteiger partial charge in [0.05, 0.1) is 0 Å². The summed E-state index contributed by atoms with van der Waals surface area (Å²) in [4.78, 5) is 0. The maximum atomic E-state index is 2.31. The fourth-order valence-corrected chi connectivity index (χ4v) is 3.91. The van der Waals surface area contributed by atoms with E-state index < -0.39 is 0 Å². The summed E-state index contributed by atoms with van der Waals surface area (Å²) < 4.78 is 2.74. The van der Waals surface area contributed by atoms with Crippen molar-refractivity contribution < 1.29 is 0 Å². The monoisotopic (exact) mass is 274 g/mol. The molecule has 4 rings (SSSR count). The molecule has 0 N–H and O–H groups in total. The van der Waals surface area contributed by atoms with E-state index in [-0.39, 0.29) is 0 Å². The summed E-state index contributed by atoms with van der Waals surface area (Å²) in [5, 5.41) is 2.77. The normalized spacial score (nSPS) is 11.2. The van der Waals surface area contributed by atoms with Crippen LogP contribution in [0.15, 0.2) is 66.7 Å². The number of fused-ring (bicyclic) bond motifs is 3. The summed E-state index contributed by atoms with van der Waals surface area (Å²) in [5.41, 5.74) is 3.94. The van der Waals surface area contributed by atoms with Crippen molar-refractivity contribution in [2.24, 2.45) is 0 Å². The van der Waals surface area contributed by atoms with E-state index in [0.717, 1.165) is 0 Å². The molecule has 4 aromatic rings. The van der Waals surface area contributed by atoms with Gasteiger partial charge in [-0.15, -0.1) is 11.3 Å². The molecule has 1 aromatic heterocycles. The lowest BCUT2D eigenvalue weighted by Gasteiger charge is -2.04. The summed E-state index contributed by atoms with van der Waals surface area (Å²) in [6.07, 6.45) is 0. The van der Waals surface area contributed by atoms with E-state index in [1.165, 1.54) is 36.9 Å². The summed E-state index contributed by atoms with van der Waals surface area (Å²) in [6, 6.07) is 24.0. The Kier molecular flexibility index (Phi) is 2.61. The van der Waals surface area contributed by atoms with Crippen molar-refractivity contribution >= 4 is 31.5 Å². The predicted molar refractivity (Wildman–Crippen MR) is 89.5 cm³/mol. The van der Waals surface area contributed by atoms with E-state index >= 15 is 0 Å². The quantitative estimate of drug-likeness (QED) is 0.397. The zero-order valence-electron chi connectivity index (χ0n) is 11.3. The van der Waals surface area contributed by atoms with Gasteiger partial charge in [0.1, 0.15) is 0 Å². The van der Waals surface area contributed by atoms with Crippen LogP contribution in [0.25, 0.3) is 31.3 Å². The molecule has 3 aromatic carbocycles. The highest BCUT2D eigenvalue weighted by molar-refractivity contribution is 7.25. The second kappa shape index (κ2) is 4.46. The molecule has 0 radical (unpaired) electrons. The van der Waals surface area contributed by atoms with Gasteiger partial charge >= 0.3 is 0 Å². The first-order chi connectivity index (χ1) is 9.83. The molecule has 0 aliphatic heterocycles. The Morgan fingerprint density at radius 1 is 0.750 bits per heavy atom. The summed E-state index contributed by atoms with van der Waals surface area (Å²) in [7, 11) is 0. The van der Waals surface area contributed by atoms with Crippen molar-refractivity contribution in [3.8, 4) is 11.1 Å². The summed E-state index contributed by atoms with van der Waals surface area (Å²) >= 11 is 1.88.